The predicted octanol–water partition coefficient (Wildman–Crippen LogP) is 6.66. The molecule has 2 fully saturated rings. The third-order valence-corrected chi connectivity index (χ3v) is 9.94. The van der Waals surface area contributed by atoms with Crippen LogP contribution in [0.1, 0.15) is 62.8 Å². The Morgan fingerprint density at radius 2 is 1.77 bits per heavy atom. The number of piperazine rings is 1. The van der Waals surface area contributed by atoms with Crippen LogP contribution in [0.3, 0.4) is 0 Å². The molecule has 4 atom stereocenters. The van der Waals surface area contributed by atoms with Crippen LogP contribution >= 0.6 is 0 Å². The van der Waals surface area contributed by atoms with Crippen molar-refractivity contribution in [3.8, 4) is 28.1 Å². The summed E-state index contributed by atoms with van der Waals surface area (Å²) in [5, 5.41) is 8.35. The van der Waals surface area contributed by atoms with Crippen molar-refractivity contribution >= 4 is 29.4 Å². The fourth-order valence-corrected chi connectivity index (χ4v) is 6.98. The standard InChI is InChI=1S/C39H44F4N8O5/c1-21(2)34(49-38(54)55-5)37(53)50-14-6-7-31(50)35-46-19-30(47-35)25-10-8-24(9-11-25)27-15-28(40)29(16-32(27)56-39(41,42)43)48-36(52)26-12-13-33(45-18-26)51-20-22(3)44-17-23(51)4/h8-13,15-16,18-19,21-23,31,34,44H,6-7,14,17,20H2,1-5H3,(H,46,47)(H,48,52)(H,49,54)/t22-,23+,31-,34-/m0/s1. The van der Waals surface area contributed by atoms with Crippen molar-refractivity contribution in [3.05, 3.63) is 78.1 Å². The summed E-state index contributed by atoms with van der Waals surface area (Å²) in [6.07, 6.45) is -1.46. The molecule has 298 valence electrons. The molecule has 2 saturated heterocycles. The third-order valence-electron chi connectivity index (χ3n) is 9.94. The van der Waals surface area contributed by atoms with E-state index in [0.717, 1.165) is 25.1 Å². The Morgan fingerprint density at radius 3 is 2.43 bits per heavy atom. The Bertz CT molecular complexity index is 2040. The van der Waals surface area contributed by atoms with Gasteiger partial charge in [0.1, 0.15) is 29.3 Å². The van der Waals surface area contributed by atoms with Crippen molar-refractivity contribution in [1.29, 1.82) is 0 Å². The molecule has 2 aliphatic heterocycles. The van der Waals surface area contributed by atoms with Gasteiger partial charge in [-0.2, -0.15) is 0 Å². The smallest absolute Gasteiger partial charge is 0.453 e. The number of pyridine rings is 1. The molecule has 56 heavy (non-hydrogen) atoms. The van der Waals surface area contributed by atoms with Crippen LogP contribution < -0.4 is 25.6 Å². The minimum absolute atomic E-state index is 0.0889. The number of hydrogen-bond acceptors (Lipinski definition) is 9. The van der Waals surface area contributed by atoms with Crippen LogP contribution in [0.4, 0.5) is 33.9 Å². The fraction of sp³-hybridized carbons (Fsp3) is 0.410. The number of benzene rings is 2. The summed E-state index contributed by atoms with van der Waals surface area (Å²) >= 11 is 0. The number of alkyl carbamates (subject to hydrolysis) is 1. The van der Waals surface area contributed by atoms with Gasteiger partial charge in [-0.3, -0.25) is 9.59 Å². The highest BCUT2D eigenvalue weighted by atomic mass is 19.4. The SMILES string of the molecule is COC(=O)N[C@H](C(=O)N1CCC[C@H]1c1nc(-c2ccc(-c3cc(F)c(NC(=O)c4ccc(N5C[C@H](C)NC[C@H]5C)nc4)cc3OC(F)(F)F)cc2)c[nH]1)C(C)C. The molecule has 6 rings (SSSR count). The van der Waals surface area contributed by atoms with E-state index in [4.69, 9.17) is 9.72 Å². The summed E-state index contributed by atoms with van der Waals surface area (Å²) in [6, 6.07) is 10.4. The number of aromatic amines is 1. The summed E-state index contributed by atoms with van der Waals surface area (Å²) in [6.45, 7) is 9.70. The molecule has 2 aromatic carbocycles. The zero-order valence-electron chi connectivity index (χ0n) is 31.5. The Hall–Kier alpha value is -5.71. The number of methoxy groups -OCH3 is 1. The van der Waals surface area contributed by atoms with Crippen LogP contribution in [-0.4, -0.2) is 89.0 Å². The molecule has 0 aliphatic carbocycles. The van der Waals surface area contributed by atoms with E-state index in [1.807, 2.05) is 20.8 Å². The van der Waals surface area contributed by atoms with Gasteiger partial charge in [0.15, 0.2) is 0 Å². The Balaban J connectivity index is 1.19. The largest absolute Gasteiger partial charge is 0.573 e. The summed E-state index contributed by atoms with van der Waals surface area (Å²) in [7, 11) is 1.23. The van der Waals surface area contributed by atoms with Gasteiger partial charge in [0.2, 0.25) is 5.91 Å². The van der Waals surface area contributed by atoms with Crippen molar-refractivity contribution in [2.75, 3.05) is 37.0 Å². The van der Waals surface area contributed by atoms with Crippen LogP contribution in [-0.2, 0) is 9.53 Å². The van der Waals surface area contributed by atoms with Crippen LogP contribution in [0.5, 0.6) is 5.75 Å². The second-order valence-electron chi connectivity index (χ2n) is 14.3. The highest BCUT2D eigenvalue weighted by molar-refractivity contribution is 6.04. The van der Waals surface area contributed by atoms with E-state index in [1.165, 1.54) is 31.5 Å². The highest BCUT2D eigenvalue weighted by Gasteiger charge is 2.38. The predicted molar refractivity (Wildman–Crippen MR) is 200 cm³/mol. The van der Waals surface area contributed by atoms with Crippen LogP contribution in [0, 0.1) is 11.7 Å². The Morgan fingerprint density at radius 1 is 1.04 bits per heavy atom. The number of aromatic nitrogens is 3. The lowest BCUT2D eigenvalue weighted by Crippen LogP contribution is -2.54. The van der Waals surface area contributed by atoms with Gasteiger partial charge in [0.05, 0.1) is 30.1 Å². The maximum absolute atomic E-state index is 15.5. The number of ether oxygens (including phenoxy) is 2. The Labute approximate surface area is 321 Å². The average Bonchev–Trinajstić information content (AvgIpc) is 3.86. The van der Waals surface area contributed by atoms with Gasteiger partial charge in [0, 0.05) is 61.3 Å². The van der Waals surface area contributed by atoms with E-state index in [9.17, 15) is 27.6 Å². The number of likely N-dealkylation sites (tertiary alicyclic amines) is 1. The number of rotatable bonds is 10. The number of carbonyl (C=O) groups excluding carboxylic acids is 3. The number of amides is 3. The molecule has 13 nitrogen and oxygen atoms in total. The molecule has 0 bridgehead atoms. The quantitative estimate of drug-likeness (QED) is 0.130. The minimum Gasteiger partial charge on any atom is -0.453 e. The van der Waals surface area contributed by atoms with Gasteiger partial charge < -0.3 is 40.2 Å². The van der Waals surface area contributed by atoms with Gasteiger partial charge >= 0.3 is 12.5 Å². The van der Waals surface area contributed by atoms with E-state index in [-0.39, 0.29) is 46.6 Å². The Kier molecular flexibility index (Phi) is 11.8. The van der Waals surface area contributed by atoms with E-state index < -0.39 is 41.7 Å². The molecule has 2 aromatic heterocycles. The molecule has 0 saturated carbocycles. The molecule has 0 radical (unpaired) electrons. The summed E-state index contributed by atoms with van der Waals surface area (Å²) in [4.78, 5) is 54.5. The number of carbonyl (C=O) groups is 3. The first kappa shape index (κ1) is 40.0. The van der Waals surface area contributed by atoms with Crippen LogP contribution in [0.2, 0.25) is 0 Å². The summed E-state index contributed by atoms with van der Waals surface area (Å²) < 4.78 is 65.4. The van der Waals surface area contributed by atoms with Gasteiger partial charge in [-0.1, -0.05) is 38.1 Å². The van der Waals surface area contributed by atoms with E-state index >= 15 is 4.39 Å². The minimum atomic E-state index is -5.11. The average molecular weight is 781 g/mol. The second kappa shape index (κ2) is 16.6. The molecule has 2 aliphatic rings. The van der Waals surface area contributed by atoms with Gasteiger partial charge in [-0.15, -0.1) is 13.2 Å². The molecule has 4 aromatic rings. The van der Waals surface area contributed by atoms with Crippen LogP contribution in [0.25, 0.3) is 22.4 Å². The normalized spacial score (nSPS) is 19.1. The maximum Gasteiger partial charge on any atom is 0.573 e. The molecule has 0 unspecified atom stereocenters. The molecular formula is C39H44F4N8O5. The number of anilines is 2. The first-order chi connectivity index (χ1) is 26.6. The first-order valence-corrected chi connectivity index (χ1v) is 18.3. The van der Waals surface area contributed by atoms with Gasteiger partial charge in [0.25, 0.3) is 5.91 Å². The summed E-state index contributed by atoms with van der Waals surface area (Å²) in [5.74, 6) is -1.72. The number of nitrogens with zero attached hydrogens (tertiary/aromatic N) is 4. The maximum atomic E-state index is 15.5. The zero-order valence-corrected chi connectivity index (χ0v) is 31.5. The van der Waals surface area contributed by atoms with E-state index in [0.29, 0.717) is 42.4 Å². The highest BCUT2D eigenvalue weighted by Crippen LogP contribution is 2.39. The van der Waals surface area contributed by atoms with Gasteiger partial charge in [-0.25, -0.2) is 19.2 Å². The number of nitrogens with one attached hydrogen (secondary N) is 4. The first-order valence-electron chi connectivity index (χ1n) is 18.3. The van der Waals surface area contributed by atoms with Crippen molar-refractivity contribution in [3.63, 3.8) is 0 Å². The third kappa shape index (κ3) is 9.04. The van der Waals surface area contributed by atoms with Gasteiger partial charge in [-0.05, 0) is 56.4 Å². The number of imidazole rings is 1. The molecular weight excluding hydrogens is 736 g/mol. The number of hydrogen-bond donors (Lipinski definition) is 4. The molecule has 4 N–H and O–H groups in total. The van der Waals surface area contributed by atoms with Crippen molar-refractivity contribution < 1.29 is 41.4 Å². The molecule has 3 amide bonds. The van der Waals surface area contributed by atoms with Crippen molar-refractivity contribution in [1.82, 2.24) is 30.5 Å². The lowest BCUT2D eigenvalue weighted by molar-refractivity contribution is -0.274. The molecule has 4 heterocycles. The van der Waals surface area contributed by atoms with E-state index in [1.54, 1.807) is 29.3 Å². The molecule has 17 heteroatoms. The monoisotopic (exact) mass is 780 g/mol. The van der Waals surface area contributed by atoms with Crippen molar-refractivity contribution in [2.45, 2.75) is 71.1 Å². The second-order valence-corrected chi connectivity index (χ2v) is 14.3. The molecule has 0 spiro atoms. The van der Waals surface area contributed by atoms with Crippen molar-refractivity contribution in [2.24, 2.45) is 5.92 Å². The number of H-pyrrole nitrogens is 1. The fourth-order valence-electron chi connectivity index (χ4n) is 6.98. The number of halogens is 4. The summed E-state index contributed by atoms with van der Waals surface area (Å²) in [5.41, 5.74) is 0.704. The number of alkyl halides is 3. The van der Waals surface area contributed by atoms with E-state index in [2.05, 4.69) is 42.5 Å². The van der Waals surface area contributed by atoms with Crippen LogP contribution in [0.15, 0.2) is 60.9 Å². The lowest BCUT2D eigenvalue weighted by atomic mass is 10.0. The topological polar surface area (TPSA) is 154 Å². The lowest BCUT2D eigenvalue weighted by Gasteiger charge is -2.38. The zero-order chi connectivity index (χ0) is 40.3.